The van der Waals surface area contributed by atoms with E-state index < -0.39 is 5.67 Å². The zero-order chi connectivity index (χ0) is 9.53. The molecule has 1 saturated heterocycles. The smallest absolute Gasteiger partial charge is 0.111 e. The topological polar surface area (TPSA) is 35.2 Å². The maximum atomic E-state index is 13.3. The van der Waals surface area contributed by atoms with E-state index in [2.05, 4.69) is 0 Å². The Kier molecular flexibility index (Phi) is 2.11. The molecule has 0 amide bonds. The summed E-state index contributed by atoms with van der Waals surface area (Å²) in [6.45, 7) is 3.25. The van der Waals surface area contributed by atoms with Crippen LogP contribution in [0.5, 0.6) is 0 Å². The van der Waals surface area contributed by atoms with Crippen LogP contribution in [0.25, 0.3) is 0 Å². The van der Waals surface area contributed by atoms with Crippen LogP contribution in [0.4, 0.5) is 4.39 Å². The third-order valence-electron chi connectivity index (χ3n) is 3.43. The molecule has 0 aromatic carbocycles. The predicted octanol–water partition coefficient (Wildman–Crippen LogP) is 1.63. The van der Waals surface area contributed by atoms with E-state index in [0.29, 0.717) is 18.8 Å². The van der Waals surface area contributed by atoms with E-state index in [4.69, 9.17) is 10.5 Å². The number of hydrogen-bond acceptors (Lipinski definition) is 2. The van der Waals surface area contributed by atoms with Crippen LogP contribution >= 0.6 is 0 Å². The van der Waals surface area contributed by atoms with Crippen LogP contribution in [0.3, 0.4) is 0 Å². The lowest BCUT2D eigenvalue weighted by molar-refractivity contribution is -0.0598. The number of rotatable bonds is 1. The van der Waals surface area contributed by atoms with Gasteiger partial charge in [0.1, 0.15) is 5.67 Å². The number of halogens is 1. The summed E-state index contributed by atoms with van der Waals surface area (Å²) in [7, 11) is 0. The van der Waals surface area contributed by atoms with Crippen LogP contribution in [0, 0.1) is 5.92 Å². The van der Waals surface area contributed by atoms with Crippen molar-refractivity contribution in [3.63, 3.8) is 0 Å². The molecule has 0 spiro atoms. The summed E-state index contributed by atoms with van der Waals surface area (Å²) < 4.78 is 18.6. The molecule has 0 unspecified atom stereocenters. The van der Waals surface area contributed by atoms with Gasteiger partial charge >= 0.3 is 0 Å². The largest absolute Gasteiger partial charge is 0.381 e. The lowest BCUT2D eigenvalue weighted by atomic mass is 9.60. The second-order valence-corrected chi connectivity index (χ2v) is 4.89. The van der Waals surface area contributed by atoms with Gasteiger partial charge in [-0.2, -0.15) is 0 Å². The van der Waals surface area contributed by atoms with E-state index in [9.17, 15) is 4.39 Å². The molecule has 0 aromatic rings. The van der Waals surface area contributed by atoms with Crippen molar-refractivity contribution in [3.05, 3.63) is 0 Å². The van der Waals surface area contributed by atoms with Gasteiger partial charge in [-0.25, -0.2) is 4.39 Å². The number of hydrogen-bond donors (Lipinski definition) is 1. The van der Waals surface area contributed by atoms with Crippen molar-refractivity contribution >= 4 is 0 Å². The first-order valence-corrected chi connectivity index (χ1v) is 5.07. The van der Waals surface area contributed by atoms with Gasteiger partial charge in [-0.05, 0) is 38.5 Å². The molecule has 2 rings (SSSR count). The van der Waals surface area contributed by atoms with Crippen LogP contribution in [0.15, 0.2) is 0 Å². The zero-order valence-corrected chi connectivity index (χ0v) is 8.18. The molecule has 0 bridgehead atoms. The molecule has 0 atom stereocenters. The average molecular weight is 187 g/mol. The molecular formula is C10H18FNO. The highest BCUT2D eigenvalue weighted by molar-refractivity contribution is 5.09. The van der Waals surface area contributed by atoms with Crippen molar-refractivity contribution in [2.45, 2.75) is 43.8 Å². The van der Waals surface area contributed by atoms with Gasteiger partial charge in [0.2, 0.25) is 0 Å². The highest BCUT2D eigenvalue weighted by atomic mass is 19.1. The minimum atomic E-state index is -1.01. The Bertz CT molecular complexity index is 191. The van der Waals surface area contributed by atoms with Crippen molar-refractivity contribution in [2.24, 2.45) is 11.7 Å². The summed E-state index contributed by atoms with van der Waals surface area (Å²) in [6.07, 6.45) is 3.08. The molecule has 2 N–H and O–H groups in total. The second-order valence-electron chi connectivity index (χ2n) is 4.89. The highest BCUT2D eigenvalue weighted by Crippen LogP contribution is 2.48. The molecule has 1 saturated carbocycles. The first kappa shape index (κ1) is 9.41. The quantitative estimate of drug-likeness (QED) is 0.677. The fourth-order valence-corrected chi connectivity index (χ4v) is 2.88. The Morgan fingerprint density at radius 3 is 2.31 bits per heavy atom. The summed E-state index contributed by atoms with van der Waals surface area (Å²) >= 11 is 0. The Labute approximate surface area is 78.6 Å². The van der Waals surface area contributed by atoms with Crippen LogP contribution < -0.4 is 5.73 Å². The van der Waals surface area contributed by atoms with Crippen molar-refractivity contribution in [1.82, 2.24) is 0 Å². The first-order valence-electron chi connectivity index (χ1n) is 5.07. The molecular weight excluding hydrogens is 169 g/mol. The van der Waals surface area contributed by atoms with Gasteiger partial charge in [0.25, 0.3) is 0 Å². The molecule has 0 radical (unpaired) electrons. The van der Waals surface area contributed by atoms with E-state index in [0.717, 1.165) is 26.1 Å². The van der Waals surface area contributed by atoms with Gasteiger partial charge in [-0.3, -0.25) is 0 Å². The van der Waals surface area contributed by atoms with Gasteiger partial charge in [0.05, 0.1) is 0 Å². The Balaban J connectivity index is 1.93. The van der Waals surface area contributed by atoms with Crippen molar-refractivity contribution in [1.29, 1.82) is 0 Å². The van der Waals surface area contributed by atoms with E-state index in [1.807, 2.05) is 0 Å². The third kappa shape index (κ3) is 1.72. The van der Waals surface area contributed by atoms with E-state index in [1.54, 1.807) is 6.92 Å². The minimum Gasteiger partial charge on any atom is -0.381 e. The molecule has 3 heteroatoms. The standard InChI is InChI=1S/C10H18FNO/c1-9(11)6-10(12,7-9)8-2-4-13-5-3-8/h8H,2-7,12H2,1H3. The molecule has 1 aliphatic carbocycles. The Morgan fingerprint density at radius 1 is 1.31 bits per heavy atom. The summed E-state index contributed by atoms with van der Waals surface area (Å²) in [5.41, 5.74) is 4.92. The van der Waals surface area contributed by atoms with Gasteiger partial charge in [-0.1, -0.05) is 0 Å². The van der Waals surface area contributed by atoms with Crippen LogP contribution in [0.1, 0.15) is 32.6 Å². The summed E-state index contributed by atoms with van der Waals surface area (Å²) in [5.74, 6) is 0.477. The van der Waals surface area contributed by atoms with Crippen LogP contribution in [-0.4, -0.2) is 24.4 Å². The number of alkyl halides is 1. The SMILES string of the molecule is CC1(F)CC(N)(C2CCOCC2)C1. The third-order valence-corrected chi connectivity index (χ3v) is 3.43. The van der Waals surface area contributed by atoms with Crippen molar-refractivity contribution < 1.29 is 9.13 Å². The number of nitrogens with two attached hydrogens (primary N) is 1. The first-order chi connectivity index (χ1) is 6.02. The fraction of sp³-hybridized carbons (Fsp3) is 1.00. The summed E-state index contributed by atoms with van der Waals surface area (Å²) in [4.78, 5) is 0. The lowest BCUT2D eigenvalue weighted by Gasteiger charge is -2.53. The highest BCUT2D eigenvalue weighted by Gasteiger charge is 2.53. The molecule has 2 nitrogen and oxygen atoms in total. The maximum absolute atomic E-state index is 13.3. The monoisotopic (exact) mass is 187 g/mol. The molecule has 1 aliphatic heterocycles. The van der Waals surface area contributed by atoms with Gasteiger partial charge in [0.15, 0.2) is 0 Å². The van der Waals surface area contributed by atoms with Crippen molar-refractivity contribution in [2.75, 3.05) is 13.2 Å². The number of ether oxygens (including phenoxy) is 1. The van der Waals surface area contributed by atoms with E-state index >= 15 is 0 Å². The second kappa shape index (κ2) is 2.92. The summed E-state index contributed by atoms with van der Waals surface area (Å²) in [5, 5.41) is 0. The molecule has 0 aromatic heterocycles. The Hall–Kier alpha value is -0.150. The van der Waals surface area contributed by atoms with Crippen molar-refractivity contribution in [3.8, 4) is 0 Å². The zero-order valence-electron chi connectivity index (χ0n) is 8.18. The molecule has 13 heavy (non-hydrogen) atoms. The maximum Gasteiger partial charge on any atom is 0.111 e. The van der Waals surface area contributed by atoms with Gasteiger partial charge < -0.3 is 10.5 Å². The van der Waals surface area contributed by atoms with Gasteiger partial charge in [-0.15, -0.1) is 0 Å². The lowest BCUT2D eigenvalue weighted by Crippen LogP contribution is -2.63. The van der Waals surface area contributed by atoms with Crippen LogP contribution in [0.2, 0.25) is 0 Å². The molecule has 2 aliphatic rings. The summed E-state index contributed by atoms with van der Waals surface area (Å²) in [6, 6.07) is 0. The minimum absolute atomic E-state index is 0.229. The fourth-order valence-electron chi connectivity index (χ4n) is 2.88. The normalized spacial score (nSPS) is 47.3. The molecule has 1 heterocycles. The molecule has 2 fully saturated rings. The average Bonchev–Trinajstić information content (AvgIpc) is 2.02. The van der Waals surface area contributed by atoms with E-state index in [1.165, 1.54) is 0 Å². The Morgan fingerprint density at radius 2 is 1.85 bits per heavy atom. The molecule has 76 valence electrons. The predicted molar refractivity (Wildman–Crippen MR) is 49.2 cm³/mol. The van der Waals surface area contributed by atoms with Gasteiger partial charge in [0, 0.05) is 18.8 Å². The van der Waals surface area contributed by atoms with E-state index in [-0.39, 0.29) is 5.54 Å². The van der Waals surface area contributed by atoms with Crippen LogP contribution in [-0.2, 0) is 4.74 Å².